The number of rotatable bonds is 0. The van der Waals surface area contributed by atoms with Gasteiger partial charge in [-0.15, -0.1) is 0 Å². The molecule has 0 saturated carbocycles. The zero-order chi connectivity index (χ0) is 28.3. The third-order valence-corrected chi connectivity index (χ3v) is 6.94. The molecule has 0 spiro atoms. The number of hydrogen-bond acceptors (Lipinski definition) is 4. The first kappa shape index (κ1) is 29.2. The molecule has 0 aliphatic rings. The maximum atomic E-state index is 5.73. The summed E-state index contributed by atoms with van der Waals surface area (Å²) in [7, 11) is 0. The highest BCUT2D eigenvalue weighted by Gasteiger charge is 2.28. The van der Waals surface area contributed by atoms with E-state index in [9.17, 15) is 0 Å². The second-order valence-corrected chi connectivity index (χ2v) is 14.5. The highest BCUT2D eigenvalue weighted by molar-refractivity contribution is 7.71. The number of nitrogens with zero attached hydrogens (tertiary/aromatic N) is 6. The van der Waals surface area contributed by atoms with Gasteiger partial charge >= 0.3 is 0 Å². The molecule has 0 aliphatic heterocycles. The van der Waals surface area contributed by atoms with Crippen molar-refractivity contribution in [3.8, 4) is 0 Å². The summed E-state index contributed by atoms with van der Waals surface area (Å²) in [6.45, 7) is 28.1. The molecule has 0 saturated heterocycles. The van der Waals surface area contributed by atoms with Gasteiger partial charge in [-0.25, -0.2) is 9.97 Å². The summed E-state index contributed by atoms with van der Waals surface area (Å²) >= 11 is 11.4. The molecule has 0 N–H and O–H groups in total. The maximum absolute atomic E-state index is 5.73. The van der Waals surface area contributed by atoms with Crippen LogP contribution >= 0.6 is 24.4 Å². The van der Waals surface area contributed by atoms with Gasteiger partial charge in [0.2, 0.25) is 0 Å². The number of fused-ring (bicyclic) bond motifs is 2. The van der Waals surface area contributed by atoms with Crippen molar-refractivity contribution >= 4 is 46.8 Å². The van der Waals surface area contributed by atoms with E-state index in [1.54, 1.807) is 0 Å². The standard InChI is InChI=1S/C15H23N3S.C14H21N3S/c1-10-8-9-16-12-11(10)17(14(2,3)4)13(19)18(12)15(5,6)7;1-13(2,3)16-10-8-7-9-15-11(10)17(12(16)18)14(4,5)6/h8-9H,1-7H3;7-9H,1-6H3. The van der Waals surface area contributed by atoms with Crippen LogP contribution in [0.1, 0.15) is 88.6 Å². The largest absolute Gasteiger partial charge is 0.310 e. The third kappa shape index (κ3) is 5.46. The molecule has 0 radical (unpaired) electrons. The van der Waals surface area contributed by atoms with Gasteiger partial charge in [-0.05, 0) is 138 Å². The Kier molecular flexibility index (Phi) is 7.47. The third-order valence-electron chi connectivity index (χ3n) is 6.21. The van der Waals surface area contributed by atoms with Crippen molar-refractivity contribution in [1.29, 1.82) is 0 Å². The van der Waals surface area contributed by atoms with Crippen LogP contribution in [0.2, 0.25) is 0 Å². The molecule has 4 heterocycles. The monoisotopic (exact) mass is 540 g/mol. The summed E-state index contributed by atoms with van der Waals surface area (Å²) < 4.78 is 10.4. The minimum absolute atomic E-state index is 0.0468. The Hall–Kier alpha value is -2.32. The highest BCUT2D eigenvalue weighted by atomic mass is 32.1. The lowest BCUT2D eigenvalue weighted by atomic mass is 10.1. The lowest BCUT2D eigenvalue weighted by molar-refractivity contribution is 0.360. The molecule has 6 nitrogen and oxygen atoms in total. The Balaban J connectivity index is 0.000000206. The zero-order valence-electron chi connectivity index (χ0n) is 24.9. The molecule has 4 aromatic rings. The van der Waals surface area contributed by atoms with Crippen molar-refractivity contribution in [1.82, 2.24) is 28.2 Å². The predicted octanol–water partition coefficient (Wildman–Crippen LogP) is 8.46. The second kappa shape index (κ2) is 9.45. The predicted molar refractivity (Wildman–Crippen MR) is 162 cm³/mol. The molecule has 202 valence electrons. The summed E-state index contributed by atoms with van der Waals surface area (Å²) in [5.74, 6) is 0. The van der Waals surface area contributed by atoms with E-state index in [-0.39, 0.29) is 22.2 Å². The van der Waals surface area contributed by atoms with Crippen LogP contribution < -0.4 is 0 Å². The molecule has 0 unspecified atom stereocenters. The summed E-state index contributed by atoms with van der Waals surface area (Å²) in [4.78, 5) is 9.10. The summed E-state index contributed by atoms with van der Waals surface area (Å²) in [5.41, 5.74) is 5.16. The van der Waals surface area contributed by atoms with Gasteiger partial charge in [-0.3, -0.25) is 9.13 Å². The first-order chi connectivity index (χ1) is 16.7. The van der Waals surface area contributed by atoms with Crippen molar-refractivity contribution in [2.75, 3.05) is 0 Å². The van der Waals surface area contributed by atoms with Crippen LogP contribution in [0.5, 0.6) is 0 Å². The van der Waals surface area contributed by atoms with E-state index in [0.717, 1.165) is 31.9 Å². The average Bonchev–Trinajstić information content (AvgIpc) is 3.18. The van der Waals surface area contributed by atoms with Crippen LogP contribution in [0.25, 0.3) is 22.3 Å². The molecular formula is C29H44N6S2. The highest BCUT2D eigenvalue weighted by Crippen LogP contribution is 2.31. The fraction of sp³-hybridized carbons (Fsp3) is 0.586. The molecular weight excluding hydrogens is 496 g/mol. The lowest BCUT2D eigenvalue weighted by Gasteiger charge is -2.24. The van der Waals surface area contributed by atoms with Gasteiger partial charge in [0, 0.05) is 34.5 Å². The van der Waals surface area contributed by atoms with E-state index in [4.69, 9.17) is 24.4 Å². The summed E-state index contributed by atoms with van der Waals surface area (Å²) in [5, 5.41) is 0. The van der Waals surface area contributed by atoms with Crippen LogP contribution in [-0.4, -0.2) is 28.2 Å². The maximum Gasteiger partial charge on any atom is 0.182 e. The smallest absolute Gasteiger partial charge is 0.182 e. The Morgan fingerprint density at radius 2 is 1.00 bits per heavy atom. The minimum atomic E-state index is -0.0768. The van der Waals surface area contributed by atoms with E-state index in [0.29, 0.717) is 0 Å². The van der Waals surface area contributed by atoms with E-state index < -0.39 is 0 Å². The molecule has 0 fully saturated rings. The van der Waals surface area contributed by atoms with Gasteiger partial charge in [0.15, 0.2) is 20.8 Å². The SMILES string of the molecule is CC(C)(C)n1c(=S)n(C(C)(C)C)c2ncccc21.Cc1ccnc2c1n(C(C)(C)C)c(=S)n2C(C)(C)C. The lowest BCUT2D eigenvalue weighted by Crippen LogP contribution is -2.26. The van der Waals surface area contributed by atoms with Crippen LogP contribution in [0.15, 0.2) is 30.6 Å². The topological polar surface area (TPSA) is 45.5 Å². The summed E-state index contributed by atoms with van der Waals surface area (Å²) in [6, 6.07) is 6.10. The van der Waals surface area contributed by atoms with Crippen LogP contribution in [0, 0.1) is 16.5 Å². The fourth-order valence-corrected chi connectivity index (χ4v) is 6.23. The van der Waals surface area contributed by atoms with Gasteiger partial charge in [-0.1, -0.05) is 0 Å². The van der Waals surface area contributed by atoms with Gasteiger partial charge in [0.05, 0.1) is 11.0 Å². The normalized spacial score (nSPS) is 13.2. The fourth-order valence-electron chi connectivity index (χ4n) is 4.77. The second-order valence-electron chi connectivity index (χ2n) is 13.7. The quantitative estimate of drug-likeness (QED) is 0.210. The van der Waals surface area contributed by atoms with Gasteiger partial charge < -0.3 is 9.13 Å². The van der Waals surface area contributed by atoms with E-state index in [2.05, 4.69) is 124 Å². The Morgan fingerprint density at radius 1 is 0.568 bits per heavy atom. The minimum Gasteiger partial charge on any atom is -0.310 e. The van der Waals surface area contributed by atoms with Gasteiger partial charge in [0.25, 0.3) is 0 Å². The number of pyridine rings is 2. The van der Waals surface area contributed by atoms with E-state index in [1.165, 1.54) is 5.56 Å². The van der Waals surface area contributed by atoms with Gasteiger partial charge in [0.1, 0.15) is 0 Å². The van der Waals surface area contributed by atoms with Crippen molar-refractivity contribution < 1.29 is 0 Å². The number of aryl methyl sites for hydroxylation is 1. The number of hydrogen-bond donors (Lipinski definition) is 0. The van der Waals surface area contributed by atoms with E-state index >= 15 is 0 Å². The molecule has 0 aromatic carbocycles. The zero-order valence-corrected chi connectivity index (χ0v) is 26.5. The molecule has 0 atom stereocenters. The van der Waals surface area contributed by atoms with Crippen molar-refractivity contribution in [3.05, 3.63) is 45.7 Å². The number of aromatic nitrogens is 6. The molecule has 0 amide bonds. The Bertz CT molecular complexity index is 1500. The van der Waals surface area contributed by atoms with Crippen molar-refractivity contribution in [2.24, 2.45) is 0 Å². The van der Waals surface area contributed by atoms with Crippen LogP contribution in [0.3, 0.4) is 0 Å². The Labute approximate surface area is 232 Å². The first-order valence-corrected chi connectivity index (χ1v) is 13.7. The average molecular weight is 541 g/mol. The first-order valence-electron chi connectivity index (χ1n) is 12.9. The summed E-state index contributed by atoms with van der Waals surface area (Å²) in [6.07, 6.45) is 3.69. The number of imidazole rings is 2. The molecule has 37 heavy (non-hydrogen) atoms. The molecule has 0 aliphatic carbocycles. The van der Waals surface area contributed by atoms with Crippen LogP contribution in [0.4, 0.5) is 0 Å². The van der Waals surface area contributed by atoms with E-state index in [1.807, 2.05) is 24.5 Å². The molecule has 8 heteroatoms. The molecule has 0 bridgehead atoms. The van der Waals surface area contributed by atoms with Crippen molar-refractivity contribution in [3.63, 3.8) is 0 Å². The molecule has 4 aromatic heterocycles. The van der Waals surface area contributed by atoms with Crippen molar-refractivity contribution in [2.45, 2.75) is 112 Å². The van der Waals surface area contributed by atoms with Crippen LogP contribution in [-0.2, 0) is 22.2 Å². The molecule has 4 rings (SSSR count). The van der Waals surface area contributed by atoms with Gasteiger partial charge in [-0.2, -0.15) is 0 Å². The Morgan fingerprint density at radius 3 is 1.49 bits per heavy atom.